The lowest BCUT2D eigenvalue weighted by Crippen LogP contribution is -2.26. The minimum absolute atomic E-state index is 0.989. The predicted molar refractivity (Wildman–Crippen MR) is 54.4 cm³/mol. The van der Waals surface area contributed by atoms with E-state index < -0.39 is 0 Å². The molecular weight excluding hydrogens is 180 g/mol. The molecule has 1 aliphatic heterocycles. The maximum atomic E-state index is 5.52. The fourth-order valence-electron chi connectivity index (χ4n) is 1.67. The molecule has 0 saturated heterocycles. The van der Waals surface area contributed by atoms with Crippen LogP contribution in [0.1, 0.15) is 6.42 Å². The van der Waals surface area contributed by atoms with Crippen LogP contribution in [0.4, 0.5) is 0 Å². The van der Waals surface area contributed by atoms with Gasteiger partial charge in [0.15, 0.2) is 0 Å². The second-order valence-electron chi connectivity index (χ2n) is 3.08. The first-order chi connectivity index (χ1) is 6.45. The Morgan fingerprint density at radius 2 is 2.38 bits per heavy atom. The van der Waals surface area contributed by atoms with E-state index in [9.17, 15) is 0 Å². The van der Waals surface area contributed by atoms with Crippen molar-refractivity contribution in [1.82, 2.24) is 0 Å². The average molecular weight is 188 g/mol. The van der Waals surface area contributed by atoms with Gasteiger partial charge in [-0.25, -0.2) is 0 Å². The Morgan fingerprint density at radius 3 is 3.38 bits per heavy atom. The minimum Gasteiger partial charge on any atom is -0.463 e. The fraction of sp³-hybridized carbons (Fsp3) is 0.0909. The van der Waals surface area contributed by atoms with Gasteiger partial charge in [0.25, 0.3) is 0 Å². The molecule has 0 radical (unpaired) electrons. The fourth-order valence-corrected chi connectivity index (χ4v) is 2.45. The van der Waals surface area contributed by atoms with Crippen molar-refractivity contribution in [3.8, 4) is 0 Å². The SMILES string of the molecule is C1=CCC2=c3ccsc3=COC2=C1. The summed E-state index contributed by atoms with van der Waals surface area (Å²) >= 11 is 1.73. The first-order valence-corrected chi connectivity index (χ1v) is 5.14. The molecule has 13 heavy (non-hydrogen) atoms. The molecule has 2 heterocycles. The summed E-state index contributed by atoms with van der Waals surface area (Å²) in [5.74, 6) is 1.01. The number of ether oxygens (including phenoxy) is 1. The summed E-state index contributed by atoms with van der Waals surface area (Å²) in [6.45, 7) is 0. The molecule has 2 heteroatoms. The van der Waals surface area contributed by atoms with Crippen LogP contribution >= 0.6 is 11.3 Å². The Labute approximate surface area is 80.0 Å². The number of thiophene rings is 1. The van der Waals surface area contributed by atoms with E-state index in [0.717, 1.165) is 12.2 Å². The van der Waals surface area contributed by atoms with Crippen molar-refractivity contribution in [3.63, 3.8) is 0 Å². The monoisotopic (exact) mass is 188 g/mol. The van der Waals surface area contributed by atoms with Crippen molar-refractivity contribution in [2.75, 3.05) is 0 Å². The van der Waals surface area contributed by atoms with E-state index in [2.05, 4.69) is 17.5 Å². The first-order valence-electron chi connectivity index (χ1n) is 4.26. The summed E-state index contributed by atoms with van der Waals surface area (Å²) in [4.78, 5) is 0. The van der Waals surface area contributed by atoms with Crippen molar-refractivity contribution in [3.05, 3.63) is 45.2 Å². The van der Waals surface area contributed by atoms with E-state index in [1.165, 1.54) is 15.3 Å². The van der Waals surface area contributed by atoms with Crippen LogP contribution in [-0.4, -0.2) is 0 Å². The van der Waals surface area contributed by atoms with Gasteiger partial charge in [-0.2, -0.15) is 0 Å². The number of allylic oxidation sites excluding steroid dienone is 4. The summed E-state index contributed by atoms with van der Waals surface area (Å²) < 4.78 is 6.76. The second kappa shape index (κ2) is 2.60. The third-order valence-electron chi connectivity index (χ3n) is 2.32. The molecule has 1 aliphatic carbocycles. The third-order valence-corrected chi connectivity index (χ3v) is 3.16. The maximum absolute atomic E-state index is 5.52. The topological polar surface area (TPSA) is 9.23 Å². The van der Waals surface area contributed by atoms with Crippen LogP contribution in [0.2, 0.25) is 0 Å². The molecule has 1 aromatic rings. The van der Waals surface area contributed by atoms with E-state index in [1.807, 2.05) is 18.4 Å². The Bertz CT molecular complexity index is 517. The van der Waals surface area contributed by atoms with Crippen molar-refractivity contribution in [1.29, 1.82) is 0 Å². The zero-order chi connectivity index (χ0) is 8.67. The van der Waals surface area contributed by atoms with Gasteiger partial charge in [-0.3, -0.25) is 0 Å². The standard InChI is InChI=1S/C11H8OS/c1-2-4-10-8(3-1)9-5-6-13-11(9)7-12-10/h1-2,4-7H,3H2. The van der Waals surface area contributed by atoms with Crippen LogP contribution in [0.15, 0.2) is 35.4 Å². The summed E-state index contributed by atoms with van der Waals surface area (Å²) in [7, 11) is 0. The van der Waals surface area contributed by atoms with E-state index in [0.29, 0.717) is 0 Å². The average Bonchev–Trinajstić information content (AvgIpc) is 2.65. The number of fused-ring (bicyclic) bond motifs is 2. The van der Waals surface area contributed by atoms with E-state index in [1.54, 1.807) is 11.3 Å². The van der Waals surface area contributed by atoms with Crippen LogP contribution in [0.3, 0.4) is 0 Å². The van der Waals surface area contributed by atoms with Gasteiger partial charge in [-0.1, -0.05) is 12.2 Å². The first kappa shape index (κ1) is 7.15. The molecular formula is C11H8OS. The van der Waals surface area contributed by atoms with E-state index in [-0.39, 0.29) is 0 Å². The van der Waals surface area contributed by atoms with E-state index >= 15 is 0 Å². The highest BCUT2D eigenvalue weighted by Gasteiger charge is 2.12. The van der Waals surface area contributed by atoms with Crippen molar-refractivity contribution < 1.29 is 4.74 Å². The van der Waals surface area contributed by atoms with Gasteiger partial charge in [0.1, 0.15) is 12.0 Å². The highest BCUT2D eigenvalue weighted by Crippen LogP contribution is 2.22. The highest BCUT2D eigenvalue weighted by molar-refractivity contribution is 7.07. The zero-order valence-corrected chi connectivity index (χ0v) is 7.80. The molecule has 1 nitrogen and oxygen atoms in total. The second-order valence-corrected chi connectivity index (χ2v) is 4.02. The molecule has 3 rings (SSSR count). The molecule has 0 amide bonds. The van der Waals surface area contributed by atoms with Crippen LogP contribution in [0.5, 0.6) is 0 Å². The van der Waals surface area contributed by atoms with Crippen LogP contribution in [0, 0.1) is 0 Å². The largest absolute Gasteiger partial charge is 0.463 e. The molecule has 0 fully saturated rings. The van der Waals surface area contributed by atoms with Gasteiger partial charge in [-0.05, 0) is 23.9 Å². The lowest BCUT2D eigenvalue weighted by molar-refractivity contribution is 0.420. The van der Waals surface area contributed by atoms with Gasteiger partial charge in [-0.15, -0.1) is 11.3 Å². The molecule has 64 valence electrons. The molecule has 0 N–H and O–H groups in total. The number of rotatable bonds is 0. The third kappa shape index (κ3) is 0.988. The molecule has 2 aliphatic rings. The summed E-state index contributed by atoms with van der Waals surface area (Å²) in [6.07, 6.45) is 9.06. The molecule has 0 saturated carbocycles. The smallest absolute Gasteiger partial charge is 0.130 e. The lowest BCUT2D eigenvalue weighted by atomic mass is 10.0. The minimum atomic E-state index is 0.989. The summed E-state index contributed by atoms with van der Waals surface area (Å²) in [5.41, 5.74) is 1.32. The molecule has 0 aromatic carbocycles. The summed E-state index contributed by atoms with van der Waals surface area (Å²) in [5, 5.41) is 3.45. The van der Waals surface area contributed by atoms with Crippen LogP contribution < -0.4 is 9.75 Å². The predicted octanol–water partition coefficient (Wildman–Crippen LogP) is 1.51. The Kier molecular flexibility index (Phi) is 1.43. The molecule has 0 atom stereocenters. The van der Waals surface area contributed by atoms with Crippen molar-refractivity contribution >= 4 is 23.2 Å². The van der Waals surface area contributed by atoms with Crippen LogP contribution in [-0.2, 0) is 4.74 Å². The highest BCUT2D eigenvalue weighted by atomic mass is 32.1. The normalized spacial score (nSPS) is 18.2. The molecule has 0 bridgehead atoms. The van der Waals surface area contributed by atoms with Crippen LogP contribution in [0.25, 0.3) is 11.8 Å². The zero-order valence-electron chi connectivity index (χ0n) is 6.99. The number of hydrogen-bond donors (Lipinski definition) is 0. The molecule has 0 unspecified atom stereocenters. The van der Waals surface area contributed by atoms with Crippen molar-refractivity contribution in [2.24, 2.45) is 0 Å². The Morgan fingerprint density at radius 1 is 1.38 bits per heavy atom. The van der Waals surface area contributed by atoms with Gasteiger partial charge in [0.2, 0.25) is 0 Å². The maximum Gasteiger partial charge on any atom is 0.130 e. The number of hydrogen-bond acceptors (Lipinski definition) is 2. The van der Waals surface area contributed by atoms with Gasteiger partial charge in [0, 0.05) is 10.8 Å². The quantitative estimate of drug-likeness (QED) is 0.599. The van der Waals surface area contributed by atoms with Crippen molar-refractivity contribution in [2.45, 2.75) is 6.42 Å². The van der Waals surface area contributed by atoms with Gasteiger partial charge < -0.3 is 4.74 Å². The van der Waals surface area contributed by atoms with Gasteiger partial charge in [0.05, 0.1) is 4.53 Å². The molecule has 1 aromatic heterocycles. The molecule has 0 spiro atoms. The van der Waals surface area contributed by atoms with Gasteiger partial charge >= 0.3 is 0 Å². The summed E-state index contributed by atoms with van der Waals surface area (Å²) in [6, 6.07) is 2.17. The lowest BCUT2D eigenvalue weighted by Gasteiger charge is -2.14. The Balaban J connectivity index is 2.42. The Hall–Kier alpha value is -1.28. The van der Waals surface area contributed by atoms with E-state index in [4.69, 9.17) is 4.74 Å².